The van der Waals surface area contributed by atoms with Crippen molar-refractivity contribution in [2.24, 2.45) is 0 Å². The van der Waals surface area contributed by atoms with Gasteiger partial charge in [-0.15, -0.1) is 0 Å². The Morgan fingerprint density at radius 3 is 2.69 bits per heavy atom. The van der Waals surface area contributed by atoms with Crippen LogP contribution >= 0.6 is 23.2 Å². The molecule has 10 nitrogen and oxygen atoms in total. The molecule has 0 saturated heterocycles. The molecule has 29 heavy (non-hydrogen) atoms. The largest absolute Gasteiger partial charge is 0.382 e. The number of aromatic nitrogens is 6. The minimum atomic E-state index is -0.544. The van der Waals surface area contributed by atoms with Crippen molar-refractivity contribution in [3.8, 4) is 5.82 Å². The van der Waals surface area contributed by atoms with E-state index in [-0.39, 0.29) is 28.2 Å². The van der Waals surface area contributed by atoms with Gasteiger partial charge in [0.05, 0.1) is 28.2 Å². The molecule has 0 amide bonds. The number of rotatable bonds is 4. The average molecular weight is 432 g/mol. The number of nitrogens with two attached hydrogens (primary N) is 2. The van der Waals surface area contributed by atoms with Crippen molar-refractivity contribution < 1.29 is 0 Å². The standard InChI is InChI=1S/C17H15Cl2N9O/c1-7(23-14-11(19)13(20)25-17(21)26-14)15-24-12-8(3-2-4-9(12)18)16(29)28(15)10-5-6-22-27-10/h2-7H,1H3,(H,22,27)(H5,20,21,23,25,26)/t7-/m0/s1. The topological polar surface area (TPSA) is 153 Å². The summed E-state index contributed by atoms with van der Waals surface area (Å²) in [5, 5.41) is 10.6. The Hall–Kier alpha value is -3.37. The Morgan fingerprint density at radius 1 is 1.17 bits per heavy atom. The number of nitrogens with one attached hydrogen (secondary N) is 2. The van der Waals surface area contributed by atoms with Gasteiger partial charge in [0.2, 0.25) is 5.95 Å². The molecule has 0 unspecified atom stereocenters. The van der Waals surface area contributed by atoms with Crippen molar-refractivity contribution in [3.63, 3.8) is 0 Å². The number of hydrogen-bond donors (Lipinski definition) is 4. The molecule has 1 atom stereocenters. The predicted octanol–water partition coefficient (Wildman–Crippen LogP) is 2.54. The van der Waals surface area contributed by atoms with Crippen molar-refractivity contribution in [3.05, 3.63) is 56.7 Å². The zero-order valence-corrected chi connectivity index (χ0v) is 16.5. The molecular formula is C17H15Cl2N9O. The van der Waals surface area contributed by atoms with Gasteiger partial charge in [0, 0.05) is 6.07 Å². The molecule has 0 fully saturated rings. The van der Waals surface area contributed by atoms with E-state index in [4.69, 9.17) is 34.7 Å². The third-order valence-electron chi connectivity index (χ3n) is 4.24. The molecule has 0 aliphatic carbocycles. The number of hydrogen-bond acceptors (Lipinski definition) is 8. The molecule has 148 valence electrons. The molecule has 3 aromatic heterocycles. The highest BCUT2D eigenvalue weighted by atomic mass is 35.5. The predicted molar refractivity (Wildman–Crippen MR) is 112 cm³/mol. The minimum absolute atomic E-state index is 0.0364. The summed E-state index contributed by atoms with van der Waals surface area (Å²) in [5.74, 6) is 1.01. The lowest BCUT2D eigenvalue weighted by Gasteiger charge is -2.20. The van der Waals surface area contributed by atoms with Crippen LogP contribution in [0.5, 0.6) is 0 Å². The van der Waals surface area contributed by atoms with Crippen LogP contribution in [0.2, 0.25) is 10.0 Å². The molecule has 0 bridgehead atoms. The molecule has 6 N–H and O–H groups in total. The molecule has 0 aliphatic heterocycles. The number of para-hydroxylation sites is 1. The van der Waals surface area contributed by atoms with Gasteiger partial charge in [0.1, 0.15) is 22.5 Å². The van der Waals surface area contributed by atoms with Gasteiger partial charge in [-0.05, 0) is 19.1 Å². The highest BCUT2D eigenvalue weighted by Crippen LogP contribution is 2.29. The maximum atomic E-state index is 13.2. The molecule has 3 heterocycles. The number of H-pyrrole nitrogens is 1. The average Bonchev–Trinajstić information content (AvgIpc) is 3.20. The van der Waals surface area contributed by atoms with E-state index in [1.807, 2.05) is 0 Å². The van der Waals surface area contributed by atoms with Gasteiger partial charge in [-0.3, -0.25) is 9.89 Å². The summed E-state index contributed by atoms with van der Waals surface area (Å²) in [4.78, 5) is 25.7. The molecule has 12 heteroatoms. The van der Waals surface area contributed by atoms with Crippen molar-refractivity contribution in [2.45, 2.75) is 13.0 Å². The number of nitrogen functional groups attached to an aromatic ring is 2. The van der Waals surface area contributed by atoms with Crippen LogP contribution in [-0.4, -0.2) is 29.7 Å². The third kappa shape index (κ3) is 3.32. The smallest absolute Gasteiger partial charge is 0.267 e. The Morgan fingerprint density at radius 2 is 1.97 bits per heavy atom. The van der Waals surface area contributed by atoms with Crippen LogP contribution in [0.1, 0.15) is 18.8 Å². The summed E-state index contributed by atoms with van der Waals surface area (Å²) in [6.45, 7) is 1.78. The van der Waals surface area contributed by atoms with E-state index >= 15 is 0 Å². The van der Waals surface area contributed by atoms with Gasteiger partial charge in [-0.1, -0.05) is 29.3 Å². The van der Waals surface area contributed by atoms with Crippen molar-refractivity contribution in [2.75, 3.05) is 16.8 Å². The van der Waals surface area contributed by atoms with Crippen molar-refractivity contribution >= 4 is 51.7 Å². The summed E-state index contributed by atoms with van der Waals surface area (Å²) in [7, 11) is 0. The first-order valence-corrected chi connectivity index (χ1v) is 9.18. The van der Waals surface area contributed by atoms with Gasteiger partial charge in [0.15, 0.2) is 5.82 Å². The van der Waals surface area contributed by atoms with Crippen LogP contribution in [0, 0.1) is 0 Å². The molecule has 4 rings (SSSR count). The van der Waals surface area contributed by atoms with E-state index in [1.165, 1.54) is 10.8 Å². The van der Waals surface area contributed by atoms with Crippen molar-refractivity contribution in [1.82, 2.24) is 29.7 Å². The molecule has 1 aromatic carbocycles. The molecule has 0 spiro atoms. The van der Waals surface area contributed by atoms with E-state index < -0.39 is 6.04 Å². The molecular weight excluding hydrogens is 417 g/mol. The second-order valence-corrected chi connectivity index (χ2v) is 6.97. The van der Waals surface area contributed by atoms with Crippen LogP contribution in [0.25, 0.3) is 16.7 Å². The monoisotopic (exact) mass is 431 g/mol. The first kappa shape index (κ1) is 19.0. The highest BCUT2D eigenvalue weighted by molar-refractivity contribution is 6.35. The SMILES string of the molecule is C[C@H](Nc1nc(N)nc(N)c1Cl)c1nc2c(Cl)cccc2c(=O)n1-c1ccn[nH]1. The lowest BCUT2D eigenvalue weighted by Crippen LogP contribution is -2.28. The number of halogens is 2. The third-order valence-corrected chi connectivity index (χ3v) is 4.91. The number of fused-ring (bicyclic) bond motifs is 1. The number of benzene rings is 1. The van der Waals surface area contributed by atoms with E-state index in [0.29, 0.717) is 27.6 Å². The summed E-state index contributed by atoms with van der Waals surface area (Å²) < 4.78 is 1.41. The van der Waals surface area contributed by atoms with E-state index in [2.05, 4.69) is 30.5 Å². The fourth-order valence-corrected chi connectivity index (χ4v) is 3.29. The summed E-state index contributed by atoms with van der Waals surface area (Å²) >= 11 is 12.5. The van der Waals surface area contributed by atoms with E-state index in [0.717, 1.165) is 0 Å². The summed E-state index contributed by atoms with van der Waals surface area (Å²) in [6.07, 6.45) is 1.54. The summed E-state index contributed by atoms with van der Waals surface area (Å²) in [5.41, 5.74) is 11.5. The van der Waals surface area contributed by atoms with Gasteiger partial charge in [-0.2, -0.15) is 15.1 Å². The van der Waals surface area contributed by atoms with Gasteiger partial charge in [-0.25, -0.2) is 9.55 Å². The number of anilines is 3. The van der Waals surface area contributed by atoms with Gasteiger partial charge >= 0.3 is 0 Å². The number of aromatic amines is 1. The first-order chi connectivity index (χ1) is 13.9. The normalized spacial score (nSPS) is 12.2. The molecule has 4 aromatic rings. The van der Waals surface area contributed by atoms with Crippen molar-refractivity contribution in [1.29, 1.82) is 0 Å². The van der Waals surface area contributed by atoms with Crippen LogP contribution in [0.3, 0.4) is 0 Å². The fourth-order valence-electron chi connectivity index (χ4n) is 2.93. The quantitative estimate of drug-likeness (QED) is 0.384. The Labute approximate surface area is 173 Å². The van der Waals surface area contributed by atoms with Crippen LogP contribution in [0.15, 0.2) is 35.3 Å². The van der Waals surface area contributed by atoms with Crippen LogP contribution in [0.4, 0.5) is 17.6 Å². The van der Waals surface area contributed by atoms with Crippen LogP contribution < -0.4 is 22.3 Å². The second-order valence-electron chi connectivity index (χ2n) is 6.18. The lowest BCUT2D eigenvalue weighted by atomic mass is 10.2. The van der Waals surface area contributed by atoms with E-state index in [9.17, 15) is 4.79 Å². The second kappa shape index (κ2) is 7.22. The molecule has 0 radical (unpaired) electrons. The Balaban J connectivity index is 1.91. The van der Waals surface area contributed by atoms with Gasteiger partial charge < -0.3 is 16.8 Å². The minimum Gasteiger partial charge on any atom is -0.382 e. The Bertz CT molecular complexity index is 1270. The Kier molecular flexibility index (Phi) is 4.73. The maximum absolute atomic E-state index is 13.2. The lowest BCUT2D eigenvalue weighted by molar-refractivity contribution is 0.720. The fraction of sp³-hybridized carbons (Fsp3) is 0.118. The van der Waals surface area contributed by atoms with E-state index in [1.54, 1.807) is 31.2 Å². The first-order valence-electron chi connectivity index (χ1n) is 8.42. The van der Waals surface area contributed by atoms with Gasteiger partial charge in [0.25, 0.3) is 5.56 Å². The highest BCUT2D eigenvalue weighted by Gasteiger charge is 2.21. The molecule has 0 aliphatic rings. The maximum Gasteiger partial charge on any atom is 0.267 e. The molecule has 0 saturated carbocycles. The zero-order chi connectivity index (χ0) is 20.7. The van der Waals surface area contributed by atoms with Crippen LogP contribution in [-0.2, 0) is 0 Å². The zero-order valence-electron chi connectivity index (χ0n) is 15.0. The number of nitrogens with zero attached hydrogens (tertiary/aromatic N) is 5. The summed E-state index contributed by atoms with van der Waals surface area (Å²) in [6, 6.07) is 6.13.